The Morgan fingerprint density at radius 2 is 2.14 bits per heavy atom. The van der Waals surface area contributed by atoms with Crippen molar-refractivity contribution >= 4 is 15.9 Å². The summed E-state index contributed by atoms with van der Waals surface area (Å²) in [4.78, 5) is 0. The van der Waals surface area contributed by atoms with Gasteiger partial charge in [0, 0.05) is 12.7 Å². The summed E-state index contributed by atoms with van der Waals surface area (Å²) in [5, 5.41) is 9.07. The molecule has 1 N–H and O–H groups in total. The molecule has 0 heterocycles. The van der Waals surface area contributed by atoms with Crippen molar-refractivity contribution in [2.75, 3.05) is 20.3 Å². The van der Waals surface area contributed by atoms with Crippen molar-refractivity contribution < 1.29 is 14.6 Å². The molecule has 78 valence electrons. The molecule has 0 aromatic heterocycles. The van der Waals surface area contributed by atoms with E-state index in [-0.39, 0.29) is 6.61 Å². The molecule has 1 aromatic carbocycles. The lowest BCUT2D eigenvalue weighted by molar-refractivity contribution is 0.144. The van der Waals surface area contributed by atoms with Gasteiger partial charge in [-0.25, -0.2) is 0 Å². The maximum absolute atomic E-state index is 9.07. The average molecular weight is 261 g/mol. The van der Waals surface area contributed by atoms with E-state index < -0.39 is 0 Å². The Bertz CT molecular complexity index is 289. The second-order valence-electron chi connectivity index (χ2n) is 2.73. The number of hydrogen-bond donors (Lipinski definition) is 1. The van der Waals surface area contributed by atoms with Crippen molar-refractivity contribution in [2.45, 2.75) is 6.61 Å². The Kier molecular flexibility index (Phi) is 4.93. The third kappa shape index (κ3) is 2.97. The fourth-order valence-electron chi connectivity index (χ4n) is 1.07. The van der Waals surface area contributed by atoms with Gasteiger partial charge in [0.2, 0.25) is 0 Å². The highest BCUT2D eigenvalue weighted by Crippen LogP contribution is 2.28. The normalized spacial score (nSPS) is 10.2. The van der Waals surface area contributed by atoms with E-state index in [9.17, 15) is 0 Å². The molecule has 0 atom stereocenters. The molecule has 0 spiro atoms. The number of aliphatic hydroxyl groups excluding tert-OH is 1. The van der Waals surface area contributed by atoms with Gasteiger partial charge >= 0.3 is 0 Å². The second-order valence-corrected chi connectivity index (χ2v) is 3.58. The van der Waals surface area contributed by atoms with Crippen LogP contribution in [0.5, 0.6) is 5.75 Å². The van der Waals surface area contributed by atoms with Gasteiger partial charge in [-0.2, -0.15) is 0 Å². The first-order valence-electron chi connectivity index (χ1n) is 4.29. The van der Waals surface area contributed by atoms with Crippen LogP contribution >= 0.6 is 15.9 Å². The summed E-state index contributed by atoms with van der Waals surface area (Å²) >= 11 is 3.36. The third-order valence-electron chi connectivity index (χ3n) is 1.75. The van der Waals surface area contributed by atoms with Crippen LogP contribution in [0.4, 0.5) is 0 Å². The smallest absolute Gasteiger partial charge is 0.139 e. The number of para-hydroxylation sites is 1. The van der Waals surface area contributed by atoms with Crippen LogP contribution < -0.4 is 4.74 Å². The molecule has 0 saturated carbocycles. The van der Waals surface area contributed by atoms with E-state index in [0.717, 1.165) is 10.0 Å². The Hall–Kier alpha value is -0.580. The maximum Gasteiger partial charge on any atom is 0.139 e. The molecule has 14 heavy (non-hydrogen) atoms. The number of methoxy groups -OCH3 is 1. The molecule has 0 fully saturated rings. The van der Waals surface area contributed by atoms with Crippen LogP contribution in [0.2, 0.25) is 0 Å². The molecule has 3 nitrogen and oxygen atoms in total. The zero-order chi connectivity index (χ0) is 10.4. The largest absolute Gasteiger partial charge is 0.490 e. The van der Waals surface area contributed by atoms with Gasteiger partial charge in [0.25, 0.3) is 0 Å². The molecule has 0 aliphatic heterocycles. The van der Waals surface area contributed by atoms with Crippen molar-refractivity contribution in [3.8, 4) is 5.75 Å². The van der Waals surface area contributed by atoms with E-state index in [1.54, 1.807) is 7.11 Å². The fourth-order valence-corrected chi connectivity index (χ4v) is 1.59. The number of halogens is 1. The highest BCUT2D eigenvalue weighted by molar-refractivity contribution is 9.10. The minimum Gasteiger partial charge on any atom is -0.490 e. The molecule has 0 aliphatic carbocycles. The van der Waals surface area contributed by atoms with Gasteiger partial charge in [-0.1, -0.05) is 12.1 Å². The lowest BCUT2D eigenvalue weighted by Gasteiger charge is -2.11. The topological polar surface area (TPSA) is 38.7 Å². The molecule has 1 rings (SSSR count). The van der Waals surface area contributed by atoms with E-state index in [0.29, 0.717) is 19.0 Å². The predicted molar refractivity (Wildman–Crippen MR) is 57.4 cm³/mol. The van der Waals surface area contributed by atoms with Crippen LogP contribution in [0.3, 0.4) is 0 Å². The summed E-state index contributed by atoms with van der Waals surface area (Å²) in [6.07, 6.45) is 0. The Balaban J connectivity index is 2.72. The zero-order valence-electron chi connectivity index (χ0n) is 8.00. The van der Waals surface area contributed by atoms with Gasteiger partial charge < -0.3 is 14.6 Å². The fraction of sp³-hybridized carbons (Fsp3) is 0.400. The van der Waals surface area contributed by atoms with E-state index in [1.807, 2.05) is 18.2 Å². The molecule has 0 unspecified atom stereocenters. The van der Waals surface area contributed by atoms with Crippen molar-refractivity contribution in [1.29, 1.82) is 0 Å². The molecule has 4 heteroatoms. The van der Waals surface area contributed by atoms with Crippen LogP contribution in [0, 0.1) is 0 Å². The summed E-state index contributed by atoms with van der Waals surface area (Å²) in [7, 11) is 1.62. The van der Waals surface area contributed by atoms with Gasteiger partial charge in [0.1, 0.15) is 12.4 Å². The van der Waals surface area contributed by atoms with E-state index >= 15 is 0 Å². The minimum absolute atomic E-state index is 0.0260. The predicted octanol–water partition coefficient (Wildman–Crippen LogP) is 1.97. The number of rotatable bonds is 5. The minimum atomic E-state index is -0.0260. The lowest BCUT2D eigenvalue weighted by atomic mass is 10.2. The molecule has 0 bridgehead atoms. The molecule has 0 radical (unpaired) electrons. The van der Waals surface area contributed by atoms with Crippen molar-refractivity contribution in [3.63, 3.8) is 0 Å². The van der Waals surface area contributed by atoms with Crippen LogP contribution in [0.15, 0.2) is 22.7 Å². The second kappa shape index (κ2) is 6.01. The number of aliphatic hydroxyl groups is 1. The van der Waals surface area contributed by atoms with Crippen molar-refractivity contribution in [1.82, 2.24) is 0 Å². The molecular weight excluding hydrogens is 248 g/mol. The van der Waals surface area contributed by atoms with E-state index in [2.05, 4.69) is 15.9 Å². The number of benzene rings is 1. The first kappa shape index (κ1) is 11.5. The monoisotopic (exact) mass is 260 g/mol. The summed E-state index contributed by atoms with van der Waals surface area (Å²) < 4.78 is 11.2. The highest BCUT2D eigenvalue weighted by atomic mass is 79.9. The maximum atomic E-state index is 9.07. The Labute approximate surface area is 91.8 Å². The first-order chi connectivity index (χ1) is 6.79. The Morgan fingerprint density at radius 1 is 1.36 bits per heavy atom. The van der Waals surface area contributed by atoms with Gasteiger partial charge in [-0.15, -0.1) is 0 Å². The molecule has 0 saturated heterocycles. The van der Waals surface area contributed by atoms with Gasteiger partial charge in [0.05, 0.1) is 17.7 Å². The highest BCUT2D eigenvalue weighted by Gasteiger charge is 2.06. The molecule has 0 aliphatic rings. The molecular formula is C10H13BrO3. The van der Waals surface area contributed by atoms with Gasteiger partial charge in [0.15, 0.2) is 0 Å². The summed E-state index contributed by atoms with van der Waals surface area (Å²) in [5.74, 6) is 0.687. The molecule has 0 amide bonds. The lowest BCUT2D eigenvalue weighted by Crippen LogP contribution is -2.06. The van der Waals surface area contributed by atoms with Gasteiger partial charge in [-0.3, -0.25) is 0 Å². The quantitative estimate of drug-likeness (QED) is 0.823. The van der Waals surface area contributed by atoms with Crippen molar-refractivity contribution in [2.24, 2.45) is 0 Å². The van der Waals surface area contributed by atoms with E-state index in [1.165, 1.54) is 0 Å². The summed E-state index contributed by atoms with van der Waals surface area (Å²) in [6.45, 7) is 0.986. The zero-order valence-corrected chi connectivity index (χ0v) is 9.58. The third-order valence-corrected chi connectivity index (χ3v) is 2.38. The average Bonchev–Trinajstić information content (AvgIpc) is 2.20. The Morgan fingerprint density at radius 3 is 2.79 bits per heavy atom. The summed E-state index contributed by atoms with van der Waals surface area (Å²) in [5.41, 5.74) is 0.774. The van der Waals surface area contributed by atoms with Crippen LogP contribution in [-0.4, -0.2) is 25.4 Å². The van der Waals surface area contributed by atoms with Crippen molar-refractivity contribution in [3.05, 3.63) is 28.2 Å². The van der Waals surface area contributed by atoms with Crippen LogP contribution in [0.25, 0.3) is 0 Å². The first-order valence-corrected chi connectivity index (χ1v) is 5.09. The van der Waals surface area contributed by atoms with Crippen LogP contribution in [-0.2, 0) is 11.3 Å². The van der Waals surface area contributed by atoms with Gasteiger partial charge in [-0.05, 0) is 22.0 Å². The molecule has 1 aromatic rings. The van der Waals surface area contributed by atoms with Crippen LogP contribution in [0.1, 0.15) is 5.56 Å². The standard InChI is InChI=1S/C10H13BrO3/c1-13-5-6-14-10-8(7-12)3-2-4-9(10)11/h2-4,12H,5-7H2,1H3. The number of hydrogen-bond acceptors (Lipinski definition) is 3. The van der Waals surface area contributed by atoms with E-state index in [4.69, 9.17) is 14.6 Å². The summed E-state index contributed by atoms with van der Waals surface area (Å²) in [6, 6.07) is 5.56. The SMILES string of the molecule is COCCOc1c(Br)cccc1CO. The number of ether oxygens (including phenoxy) is 2.